The molecule has 2 saturated heterocycles. The van der Waals surface area contributed by atoms with Crippen molar-refractivity contribution >= 4 is 67.8 Å². The summed E-state index contributed by atoms with van der Waals surface area (Å²) in [5.74, 6) is -0.567. The van der Waals surface area contributed by atoms with Crippen molar-refractivity contribution in [2.75, 3.05) is 13.1 Å². The van der Waals surface area contributed by atoms with E-state index in [9.17, 15) is 25.6 Å². The molecule has 2 aliphatic heterocycles. The van der Waals surface area contributed by atoms with Crippen LogP contribution < -0.4 is 4.72 Å². The normalized spacial score (nSPS) is 20.2. The Morgan fingerprint density at radius 3 is 1.72 bits per heavy atom. The molecule has 6 nitrogen and oxygen atoms in total. The summed E-state index contributed by atoms with van der Waals surface area (Å²) in [5.41, 5.74) is 2.77. The third kappa shape index (κ3) is 10.5. The van der Waals surface area contributed by atoms with Crippen LogP contribution in [0.4, 0.5) is 8.78 Å². The van der Waals surface area contributed by atoms with Gasteiger partial charge in [-0.15, -0.1) is 0 Å². The van der Waals surface area contributed by atoms with Crippen molar-refractivity contribution in [1.29, 1.82) is 0 Å². The van der Waals surface area contributed by atoms with E-state index in [1.807, 2.05) is 66.7 Å². The van der Waals surface area contributed by atoms with Crippen LogP contribution in [0.15, 0.2) is 106 Å². The highest BCUT2D eigenvalue weighted by molar-refractivity contribution is 9.10. The van der Waals surface area contributed by atoms with Crippen LogP contribution in [0.5, 0.6) is 0 Å². The van der Waals surface area contributed by atoms with Crippen molar-refractivity contribution in [3.05, 3.63) is 140 Å². The number of alkyl halides is 1. The first-order valence-corrected chi connectivity index (χ1v) is 20.7. The van der Waals surface area contributed by atoms with E-state index in [2.05, 4.69) is 52.5 Å². The van der Waals surface area contributed by atoms with Gasteiger partial charge in [-0.2, -0.15) is 4.31 Å². The van der Waals surface area contributed by atoms with Gasteiger partial charge in [0.05, 0.1) is 0 Å². The van der Waals surface area contributed by atoms with E-state index in [0.29, 0.717) is 40.4 Å². The largest absolute Gasteiger partial charge is 0.221 e. The van der Waals surface area contributed by atoms with Crippen molar-refractivity contribution in [3.63, 3.8) is 0 Å². The standard InChI is InChI=1S/C17H17BrFNO2S.C10H13NO2S.C7H5Br2F/c18-15-9-8-14(16(19)11-15)12-20-10-4-7-17(23(20,21)22)13-5-2-1-3-6-13;12-14(13)10(7-4-8-11-14)9-5-2-1-3-6-9;8-4-5-1-2-6(9)3-7(5)10/h1-3,5-6,8-9,11,17H,4,7,10,12H2;1-3,5-6,10-11H,4,7-8H2;1-3H,4H2. The predicted octanol–water partition coefficient (Wildman–Crippen LogP) is 9.18. The first kappa shape index (κ1) is 37.8. The average Bonchev–Trinajstić information content (AvgIpc) is 3.04. The van der Waals surface area contributed by atoms with Gasteiger partial charge < -0.3 is 0 Å². The molecule has 2 fully saturated rings. The molecule has 2 heterocycles. The van der Waals surface area contributed by atoms with Crippen LogP contribution in [0.1, 0.15) is 58.4 Å². The average molecular weight is 878 g/mol. The van der Waals surface area contributed by atoms with Crippen LogP contribution in [0.25, 0.3) is 0 Å². The van der Waals surface area contributed by atoms with Crippen LogP contribution >= 0.6 is 47.8 Å². The van der Waals surface area contributed by atoms with Gasteiger partial charge in [-0.3, -0.25) is 0 Å². The fourth-order valence-electron chi connectivity index (χ4n) is 5.33. The molecule has 252 valence electrons. The van der Waals surface area contributed by atoms with Gasteiger partial charge in [-0.1, -0.05) is 121 Å². The number of hydrogen-bond acceptors (Lipinski definition) is 4. The molecule has 0 saturated carbocycles. The highest BCUT2D eigenvalue weighted by atomic mass is 79.9. The maximum atomic E-state index is 14.0. The van der Waals surface area contributed by atoms with Crippen molar-refractivity contribution in [3.8, 4) is 0 Å². The van der Waals surface area contributed by atoms with E-state index in [1.54, 1.807) is 18.2 Å². The lowest BCUT2D eigenvalue weighted by molar-refractivity contribution is 0.355. The Balaban J connectivity index is 0.000000177. The topological polar surface area (TPSA) is 83.6 Å². The Morgan fingerprint density at radius 1 is 0.702 bits per heavy atom. The summed E-state index contributed by atoms with van der Waals surface area (Å²) in [7, 11) is -6.61. The number of hydrogen-bond donors (Lipinski definition) is 1. The quantitative estimate of drug-likeness (QED) is 0.203. The van der Waals surface area contributed by atoms with Crippen LogP contribution in [-0.4, -0.2) is 34.2 Å². The molecule has 2 aliphatic rings. The number of rotatable bonds is 5. The third-order valence-electron chi connectivity index (χ3n) is 7.78. The molecule has 0 spiro atoms. The summed E-state index contributed by atoms with van der Waals surface area (Å²) < 4.78 is 81.3. The minimum Gasteiger partial charge on any atom is -0.215 e. The maximum Gasteiger partial charge on any atom is 0.221 e. The Kier molecular flexibility index (Phi) is 14.2. The van der Waals surface area contributed by atoms with Gasteiger partial charge in [0, 0.05) is 39.5 Å². The number of benzene rings is 4. The third-order valence-corrected chi connectivity index (χ3v) is 13.5. The number of nitrogens with one attached hydrogen (secondary N) is 1. The minimum absolute atomic E-state index is 0.0742. The fraction of sp³-hybridized carbons (Fsp3) is 0.294. The fourth-order valence-corrected chi connectivity index (χ4v) is 10.1. The van der Waals surface area contributed by atoms with Gasteiger partial charge in [0.15, 0.2) is 0 Å². The summed E-state index contributed by atoms with van der Waals surface area (Å²) in [6.07, 6.45) is 3.01. The molecule has 2 atom stereocenters. The zero-order valence-electron chi connectivity index (χ0n) is 25.3. The number of nitrogens with zero attached hydrogens (tertiary/aromatic N) is 1. The lowest BCUT2D eigenvalue weighted by Crippen LogP contribution is -2.39. The minimum atomic E-state index is -3.49. The zero-order valence-corrected chi connectivity index (χ0v) is 31.7. The highest BCUT2D eigenvalue weighted by Gasteiger charge is 2.37. The van der Waals surface area contributed by atoms with Crippen LogP contribution in [0, 0.1) is 11.6 Å². The van der Waals surface area contributed by atoms with Crippen molar-refractivity contribution in [2.24, 2.45) is 0 Å². The summed E-state index contributed by atoms with van der Waals surface area (Å²) in [5, 5.41) is -0.347. The molecule has 0 amide bonds. The second-order valence-corrected chi connectivity index (χ2v) is 17.5. The van der Waals surface area contributed by atoms with Gasteiger partial charge in [-0.05, 0) is 66.6 Å². The molecule has 0 aliphatic carbocycles. The van der Waals surface area contributed by atoms with Crippen molar-refractivity contribution in [2.45, 2.75) is 48.1 Å². The van der Waals surface area contributed by atoms with Gasteiger partial charge in [0.1, 0.15) is 22.1 Å². The Morgan fingerprint density at radius 2 is 1.21 bits per heavy atom. The molecular formula is C34H35Br3F2N2O4S2. The molecule has 1 N–H and O–H groups in total. The lowest BCUT2D eigenvalue weighted by atomic mass is 10.1. The van der Waals surface area contributed by atoms with Gasteiger partial charge in [0.2, 0.25) is 20.0 Å². The highest BCUT2D eigenvalue weighted by Crippen LogP contribution is 2.35. The maximum absolute atomic E-state index is 14.0. The molecule has 0 aromatic heterocycles. The summed E-state index contributed by atoms with van der Waals surface area (Å²) >= 11 is 9.56. The molecule has 4 aromatic carbocycles. The molecular weight excluding hydrogens is 842 g/mol. The first-order chi connectivity index (χ1) is 22.4. The number of halogens is 5. The zero-order chi connectivity index (χ0) is 34.0. The monoisotopic (exact) mass is 874 g/mol. The lowest BCUT2D eigenvalue weighted by Gasteiger charge is -2.32. The predicted molar refractivity (Wildman–Crippen MR) is 194 cm³/mol. The summed E-state index contributed by atoms with van der Waals surface area (Å²) in [6, 6.07) is 28.4. The molecule has 13 heteroatoms. The van der Waals surface area contributed by atoms with E-state index < -0.39 is 31.1 Å². The van der Waals surface area contributed by atoms with Crippen molar-refractivity contribution < 1.29 is 25.6 Å². The molecule has 4 aromatic rings. The van der Waals surface area contributed by atoms with Crippen LogP contribution in [-0.2, 0) is 31.9 Å². The number of sulfonamides is 2. The SMILES string of the molecule is Fc1cc(Br)ccc1CBr.O=S1(=O)C(c2ccccc2)CCCN1Cc1ccc(Br)cc1F.O=S1(=O)NCCCC1c1ccccc1. The molecule has 2 unspecified atom stereocenters. The summed E-state index contributed by atoms with van der Waals surface area (Å²) in [6.45, 7) is 1.08. The molecule has 6 rings (SSSR count). The van der Waals surface area contributed by atoms with Crippen LogP contribution in [0.2, 0.25) is 0 Å². The van der Waals surface area contributed by atoms with E-state index in [1.165, 1.54) is 16.4 Å². The molecule has 47 heavy (non-hydrogen) atoms. The van der Waals surface area contributed by atoms with Gasteiger partial charge >= 0.3 is 0 Å². The smallest absolute Gasteiger partial charge is 0.215 e. The van der Waals surface area contributed by atoms with E-state index in [-0.39, 0.29) is 17.6 Å². The first-order valence-electron chi connectivity index (χ1n) is 14.9. The molecule has 0 bridgehead atoms. The Hall–Kier alpha value is -2.00. The van der Waals surface area contributed by atoms with E-state index in [4.69, 9.17) is 0 Å². The van der Waals surface area contributed by atoms with Crippen LogP contribution in [0.3, 0.4) is 0 Å². The van der Waals surface area contributed by atoms with E-state index >= 15 is 0 Å². The second-order valence-electron chi connectivity index (χ2n) is 11.0. The Labute approximate surface area is 301 Å². The molecule has 0 radical (unpaired) electrons. The Bertz CT molecular complexity index is 1840. The summed E-state index contributed by atoms with van der Waals surface area (Å²) in [4.78, 5) is 0. The second kappa shape index (κ2) is 17.6. The van der Waals surface area contributed by atoms with Crippen molar-refractivity contribution in [1.82, 2.24) is 9.03 Å². The van der Waals surface area contributed by atoms with E-state index in [0.717, 1.165) is 34.9 Å². The van der Waals surface area contributed by atoms with Gasteiger partial charge in [0.25, 0.3) is 0 Å². The van der Waals surface area contributed by atoms with Gasteiger partial charge in [-0.25, -0.2) is 30.3 Å².